The minimum atomic E-state index is -0.508. The molecule has 1 amide bonds. The Morgan fingerprint density at radius 3 is 2.56 bits per heavy atom. The van der Waals surface area contributed by atoms with Crippen LogP contribution in [0.25, 0.3) is 5.57 Å². The number of ether oxygens (including phenoxy) is 1. The van der Waals surface area contributed by atoms with Crippen LogP contribution in [0.1, 0.15) is 26.3 Å². The zero-order valence-electron chi connectivity index (χ0n) is 15.4. The molecular formula is C20H21ClN4O2. The van der Waals surface area contributed by atoms with E-state index in [1.165, 1.54) is 0 Å². The van der Waals surface area contributed by atoms with Crippen LogP contribution in [0.2, 0.25) is 5.28 Å². The van der Waals surface area contributed by atoms with E-state index >= 15 is 0 Å². The van der Waals surface area contributed by atoms with Crippen LogP contribution in [-0.2, 0) is 4.74 Å². The second kappa shape index (κ2) is 7.80. The Morgan fingerprint density at radius 2 is 1.96 bits per heavy atom. The van der Waals surface area contributed by atoms with E-state index in [0.717, 1.165) is 16.8 Å². The first-order valence-corrected chi connectivity index (χ1v) is 8.92. The van der Waals surface area contributed by atoms with Gasteiger partial charge in [-0.1, -0.05) is 18.2 Å². The monoisotopic (exact) mass is 384 g/mol. The molecule has 1 aliphatic rings. The van der Waals surface area contributed by atoms with E-state index in [-0.39, 0.29) is 11.4 Å². The summed E-state index contributed by atoms with van der Waals surface area (Å²) in [4.78, 5) is 21.6. The maximum absolute atomic E-state index is 12.1. The molecule has 0 saturated carbocycles. The summed E-state index contributed by atoms with van der Waals surface area (Å²) in [5.74, 6) is 0.632. The van der Waals surface area contributed by atoms with E-state index in [4.69, 9.17) is 16.3 Å². The third-order valence-corrected chi connectivity index (χ3v) is 3.87. The molecular weight excluding hydrogens is 364 g/mol. The SMILES string of the molecule is CC(C)(C)OC(=O)N1C=CC(c2ccc(Nc3ccnc(Cl)n3)cc2)=CC1. The summed E-state index contributed by atoms with van der Waals surface area (Å²) in [5, 5.41) is 3.37. The van der Waals surface area contributed by atoms with Gasteiger partial charge in [-0.05, 0) is 67.8 Å². The third-order valence-electron chi connectivity index (χ3n) is 3.69. The van der Waals surface area contributed by atoms with Gasteiger partial charge in [-0.15, -0.1) is 0 Å². The fourth-order valence-electron chi connectivity index (χ4n) is 2.46. The predicted molar refractivity (Wildman–Crippen MR) is 107 cm³/mol. The third kappa shape index (κ3) is 5.31. The van der Waals surface area contributed by atoms with E-state index in [1.807, 2.05) is 57.2 Å². The van der Waals surface area contributed by atoms with Gasteiger partial charge in [0.1, 0.15) is 11.4 Å². The second-order valence-electron chi connectivity index (χ2n) is 7.02. The molecule has 1 aromatic heterocycles. The average molecular weight is 385 g/mol. The number of carbonyl (C=O) groups excluding carboxylic acids is 1. The number of halogens is 1. The van der Waals surface area contributed by atoms with Crippen molar-refractivity contribution in [2.45, 2.75) is 26.4 Å². The van der Waals surface area contributed by atoms with Crippen molar-refractivity contribution in [2.24, 2.45) is 0 Å². The summed E-state index contributed by atoms with van der Waals surface area (Å²) >= 11 is 5.79. The highest BCUT2D eigenvalue weighted by molar-refractivity contribution is 6.28. The van der Waals surface area contributed by atoms with E-state index in [1.54, 1.807) is 23.4 Å². The molecule has 0 atom stereocenters. The molecule has 2 aromatic rings. The lowest BCUT2D eigenvalue weighted by molar-refractivity contribution is 0.0351. The Balaban J connectivity index is 1.63. The van der Waals surface area contributed by atoms with Crippen molar-refractivity contribution in [1.82, 2.24) is 14.9 Å². The van der Waals surface area contributed by atoms with Crippen molar-refractivity contribution < 1.29 is 9.53 Å². The molecule has 0 spiro atoms. The van der Waals surface area contributed by atoms with E-state index in [9.17, 15) is 4.79 Å². The van der Waals surface area contributed by atoms with Crippen LogP contribution in [0.15, 0.2) is 54.9 Å². The van der Waals surface area contributed by atoms with Crippen LogP contribution in [0.3, 0.4) is 0 Å². The van der Waals surface area contributed by atoms with Crippen molar-refractivity contribution in [2.75, 3.05) is 11.9 Å². The van der Waals surface area contributed by atoms with Gasteiger partial charge in [-0.25, -0.2) is 14.8 Å². The molecule has 0 radical (unpaired) electrons. The normalized spacial score (nSPS) is 13.9. The van der Waals surface area contributed by atoms with E-state index in [2.05, 4.69) is 15.3 Å². The highest BCUT2D eigenvalue weighted by Crippen LogP contribution is 2.23. The summed E-state index contributed by atoms with van der Waals surface area (Å²) in [6.45, 7) is 6.03. The van der Waals surface area contributed by atoms with Gasteiger partial charge in [0.2, 0.25) is 5.28 Å². The minimum absolute atomic E-state index is 0.198. The maximum Gasteiger partial charge on any atom is 0.414 e. The van der Waals surface area contributed by atoms with Crippen LogP contribution in [0.4, 0.5) is 16.3 Å². The number of hydrogen-bond acceptors (Lipinski definition) is 5. The number of rotatable bonds is 3. The number of hydrogen-bond donors (Lipinski definition) is 1. The maximum atomic E-state index is 12.1. The minimum Gasteiger partial charge on any atom is -0.443 e. The van der Waals surface area contributed by atoms with Crippen molar-refractivity contribution in [3.63, 3.8) is 0 Å². The molecule has 0 fully saturated rings. The molecule has 1 N–H and O–H groups in total. The first kappa shape index (κ1) is 18.9. The zero-order valence-corrected chi connectivity index (χ0v) is 16.2. The van der Waals surface area contributed by atoms with Gasteiger partial charge in [0.15, 0.2) is 0 Å². The van der Waals surface area contributed by atoms with Crippen LogP contribution in [0.5, 0.6) is 0 Å². The molecule has 2 heterocycles. The first-order valence-electron chi connectivity index (χ1n) is 8.54. The summed E-state index contributed by atoms with van der Waals surface area (Å²) in [6.07, 6.45) is 6.90. The second-order valence-corrected chi connectivity index (χ2v) is 7.36. The van der Waals surface area contributed by atoms with Crippen LogP contribution in [0, 0.1) is 0 Å². The van der Waals surface area contributed by atoms with Gasteiger partial charge in [0.25, 0.3) is 0 Å². The highest BCUT2D eigenvalue weighted by atomic mass is 35.5. The molecule has 1 aromatic carbocycles. The number of amides is 1. The fraction of sp³-hybridized carbons (Fsp3) is 0.250. The van der Waals surface area contributed by atoms with Crippen LogP contribution < -0.4 is 5.32 Å². The largest absolute Gasteiger partial charge is 0.443 e. The fourth-order valence-corrected chi connectivity index (χ4v) is 2.61. The quantitative estimate of drug-likeness (QED) is 0.752. The Morgan fingerprint density at radius 1 is 1.22 bits per heavy atom. The number of anilines is 2. The molecule has 0 aliphatic carbocycles. The molecule has 6 nitrogen and oxygen atoms in total. The summed E-state index contributed by atoms with van der Waals surface area (Å²) < 4.78 is 5.38. The zero-order chi connectivity index (χ0) is 19.4. The number of allylic oxidation sites excluding steroid dienone is 2. The van der Waals surface area contributed by atoms with Crippen LogP contribution in [-0.4, -0.2) is 33.1 Å². The lowest BCUT2D eigenvalue weighted by Gasteiger charge is -2.26. The summed E-state index contributed by atoms with van der Waals surface area (Å²) in [6, 6.07) is 9.67. The number of aromatic nitrogens is 2. The summed E-state index contributed by atoms with van der Waals surface area (Å²) in [7, 11) is 0. The van der Waals surface area contributed by atoms with Gasteiger partial charge in [-0.2, -0.15) is 0 Å². The molecule has 7 heteroatoms. The molecule has 1 aliphatic heterocycles. The van der Waals surface area contributed by atoms with Gasteiger partial charge < -0.3 is 10.1 Å². The number of benzene rings is 1. The molecule has 140 valence electrons. The van der Waals surface area contributed by atoms with Gasteiger partial charge in [-0.3, -0.25) is 4.90 Å². The van der Waals surface area contributed by atoms with Crippen LogP contribution >= 0.6 is 11.6 Å². The molecule has 3 rings (SSSR count). The Bertz CT molecular complexity index is 886. The topological polar surface area (TPSA) is 67.3 Å². The predicted octanol–water partition coefficient (Wildman–Crippen LogP) is 5.02. The average Bonchev–Trinajstić information content (AvgIpc) is 2.61. The van der Waals surface area contributed by atoms with Crippen molar-refractivity contribution in [3.05, 3.63) is 65.7 Å². The molecule has 27 heavy (non-hydrogen) atoms. The Kier molecular flexibility index (Phi) is 5.46. The van der Waals surface area contributed by atoms with E-state index in [0.29, 0.717) is 12.4 Å². The van der Waals surface area contributed by atoms with Crippen molar-refractivity contribution in [3.8, 4) is 0 Å². The van der Waals surface area contributed by atoms with Crippen molar-refractivity contribution in [1.29, 1.82) is 0 Å². The Labute approximate surface area is 163 Å². The van der Waals surface area contributed by atoms with Gasteiger partial charge in [0, 0.05) is 24.6 Å². The number of carbonyl (C=O) groups is 1. The smallest absolute Gasteiger partial charge is 0.414 e. The molecule has 0 unspecified atom stereocenters. The lowest BCUT2D eigenvalue weighted by atomic mass is 10.0. The van der Waals surface area contributed by atoms with Gasteiger partial charge >= 0.3 is 6.09 Å². The molecule has 0 bridgehead atoms. The Hall–Kier alpha value is -2.86. The van der Waals surface area contributed by atoms with E-state index < -0.39 is 5.60 Å². The summed E-state index contributed by atoms with van der Waals surface area (Å²) in [5.41, 5.74) is 2.49. The number of nitrogens with zero attached hydrogens (tertiary/aromatic N) is 3. The highest BCUT2D eigenvalue weighted by Gasteiger charge is 2.21. The molecule has 0 saturated heterocycles. The van der Waals surface area contributed by atoms with Gasteiger partial charge in [0.05, 0.1) is 0 Å². The van der Waals surface area contributed by atoms with Crippen molar-refractivity contribution >= 4 is 34.8 Å². The standard InChI is InChI=1S/C20H21ClN4O2/c1-20(2,3)27-19(26)25-12-9-15(10-13-25)14-4-6-16(7-5-14)23-17-8-11-22-18(21)24-17/h4-12H,13H2,1-3H3,(H,22,23,24). The lowest BCUT2D eigenvalue weighted by Crippen LogP contribution is -2.34. The first-order chi connectivity index (χ1) is 12.8. The number of nitrogens with one attached hydrogen (secondary N) is 1.